The van der Waals surface area contributed by atoms with Crippen LogP contribution in [-0.2, 0) is 4.74 Å². The van der Waals surface area contributed by atoms with Gasteiger partial charge in [0.2, 0.25) is 0 Å². The second kappa shape index (κ2) is 6.67. The molecule has 0 atom stereocenters. The Morgan fingerprint density at radius 2 is 2.07 bits per heavy atom. The van der Waals surface area contributed by atoms with Crippen molar-refractivity contribution in [1.29, 1.82) is 0 Å². The first kappa shape index (κ1) is 12.3. The van der Waals surface area contributed by atoms with Crippen molar-refractivity contribution in [2.24, 2.45) is 16.6 Å². The van der Waals surface area contributed by atoms with Crippen LogP contribution in [0.3, 0.4) is 0 Å². The predicted molar refractivity (Wildman–Crippen MR) is 63.0 cm³/mol. The number of guanidine groups is 1. The molecule has 0 amide bonds. The van der Waals surface area contributed by atoms with Crippen LogP contribution in [0, 0.1) is 5.92 Å². The van der Waals surface area contributed by atoms with Crippen molar-refractivity contribution in [3.8, 4) is 0 Å². The molecule has 1 rings (SSSR count). The van der Waals surface area contributed by atoms with Crippen molar-refractivity contribution in [3.05, 3.63) is 0 Å². The molecular weight excluding hydrogens is 190 g/mol. The Kier molecular flexibility index (Phi) is 5.47. The van der Waals surface area contributed by atoms with Gasteiger partial charge in [-0.05, 0) is 32.6 Å². The van der Waals surface area contributed by atoms with E-state index in [0.717, 1.165) is 25.6 Å². The summed E-state index contributed by atoms with van der Waals surface area (Å²) in [4.78, 5) is 6.32. The first-order chi connectivity index (χ1) is 7.27. The Labute approximate surface area is 92.5 Å². The monoisotopic (exact) mass is 213 g/mol. The van der Waals surface area contributed by atoms with E-state index in [9.17, 15) is 0 Å². The van der Waals surface area contributed by atoms with Gasteiger partial charge in [0, 0.05) is 19.7 Å². The van der Waals surface area contributed by atoms with E-state index in [4.69, 9.17) is 10.5 Å². The maximum Gasteiger partial charge on any atom is 0.191 e. The van der Waals surface area contributed by atoms with Crippen LogP contribution in [0.4, 0.5) is 0 Å². The fourth-order valence-corrected chi connectivity index (χ4v) is 1.41. The molecule has 0 heterocycles. The minimum atomic E-state index is 0.634. The van der Waals surface area contributed by atoms with Crippen molar-refractivity contribution < 1.29 is 4.74 Å². The van der Waals surface area contributed by atoms with Crippen molar-refractivity contribution in [2.75, 3.05) is 32.8 Å². The third-order valence-electron chi connectivity index (χ3n) is 2.65. The van der Waals surface area contributed by atoms with E-state index in [1.54, 1.807) is 0 Å². The molecule has 0 radical (unpaired) electrons. The van der Waals surface area contributed by atoms with Crippen LogP contribution in [0.5, 0.6) is 0 Å². The standard InChI is InChI=1S/C11H23N3O/c1-3-14(4-2)11(12)13-7-8-15-9-10-5-6-10/h10H,3-9H2,1-2H3,(H2,12,13). The lowest BCUT2D eigenvalue weighted by atomic mass is 10.5. The zero-order chi connectivity index (χ0) is 11.1. The van der Waals surface area contributed by atoms with E-state index in [1.165, 1.54) is 12.8 Å². The van der Waals surface area contributed by atoms with Crippen LogP contribution in [0.15, 0.2) is 4.99 Å². The van der Waals surface area contributed by atoms with Crippen molar-refractivity contribution in [1.82, 2.24) is 4.90 Å². The molecule has 1 aliphatic rings. The highest BCUT2D eigenvalue weighted by molar-refractivity contribution is 5.77. The first-order valence-corrected chi connectivity index (χ1v) is 5.90. The molecule has 0 aromatic carbocycles. The van der Waals surface area contributed by atoms with E-state index >= 15 is 0 Å². The number of aliphatic imine (C=N–C) groups is 1. The fraction of sp³-hybridized carbons (Fsp3) is 0.909. The van der Waals surface area contributed by atoms with Gasteiger partial charge < -0.3 is 15.4 Å². The predicted octanol–water partition coefficient (Wildman–Crippen LogP) is 1.07. The van der Waals surface area contributed by atoms with E-state index in [0.29, 0.717) is 19.1 Å². The largest absolute Gasteiger partial charge is 0.379 e. The molecule has 1 fully saturated rings. The Balaban J connectivity index is 2.05. The molecule has 1 saturated carbocycles. The second-order valence-electron chi connectivity index (χ2n) is 3.93. The highest BCUT2D eigenvalue weighted by atomic mass is 16.5. The topological polar surface area (TPSA) is 50.8 Å². The molecule has 0 bridgehead atoms. The van der Waals surface area contributed by atoms with E-state index in [-0.39, 0.29) is 0 Å². The first-order valence-electron chi connectivity index (χ1n) is 5.90. The molecular formula is C11H23N3O. The van der Waals surface area contributed by atoms with Gasteiger partial charge in [0.1, 0.15) is 0 Å². The number of nitrogens with zero attached hydrogens (tertiary/aromatic N) is 2. The molecule has 0 aromatic heterocycles. The highest BCUT2D eigenvalue weighted by Crippen LogP contribution is 2.28. The van der Waals surface area contributed by atoms with Crippen molar-refractivity contribution >= 4 is 5.96 Å². The number of rotatable bonds is 7. The van der Waals surface area contributed by atoms with Crippen LogP contribution in [0.1, 0.15) is 26.7 Å². The maximum atomic E-state index is 5.81. The maximum absolute atomic E-state index is 5.81. The number of hydrogen-bond donors (Lipinski definition) is 1. The zero-order valence-electron chi connectivity index (χ0n) is 9.91. The lowest BCUT2D eigenvalue weighted by Crippen LogP contribution is -2.37. The van der Waals surface area contributed by atoms with E-state index in [2.05, 4.69) is 18.8 Å². The van der Waals surface area contributed by atoms with Gasteiger partial charge in [0.25, 0.3) is 0 Å². The van der Waals surface area contributed by atoms with Gasteiger partial charge in [0.15, 0.2) is 5.96 Å². The highest BCUT2D eigenvalue weighted by Gasteiger charge is 2.20. The lowest BCUT2D eigenvalue weighted by molar-refractivity contribution is 0.131. The van der Waals surface area contributed by atoms with Gasteiger partial charge in [-0.1, -0.05) is 0 Å². The molecule has 1 aliphatic carbocycles. The summed E-state index contributed by atoms with van der Waals surface area (Å²) in [6, 6.07) is 0. The van der Waals surface area contributed by atoms with Gasteiger partial charge in [-0.15, -0.1) is 0 Å². The van der Waals surface area contributed by atoms with Gasteiger partial charge in [0.05, 0.1) is 13.2 Å². The molecule has 0 aromatic rings. The van der Waals surface area contributed by atoms with Crippen LogP contribution < -0.4 is 5.73 Å². The number of hydrogen-bond acceptors (Lipinski definition) is 2. The normalized spacial score (nSPS) is 16.8. The summed E-state index contributed by atoms with van der Waals surface area (Å²) in [5.74, 6) is 1.46. The van der Waals surface area contributed by atoms with Crippen molar-refractivity contribution in [2.45, 2.75) is 26.7 Å². The Morgan fingerprint density at radius 1 is 1.40 bits per heavy atom. The molecule has 0 aliphatic heterocycles. The molecule has 4 nitrogen and oxygen atoms in total. The third kappa shape index (κ3) is 5.02. The molecule has 0 unspecified atom stereocenters. The van der Waals surface area contributed by atoms with Gasteiger partial charge in [-0.2, -0.15) is 0 Å². The fourth-order valence-electron chi connectivity index (χ4n) is 1.41. The second-order valence-corrected chi connectivity index (χ2v) is 3.93. The van der Waals surface area contributed by atoms with E-state index < -0.39 is 0 Å². The average Bonchev–Trinajstić information content (AvgIpc) is 3.03. The molecule has 88 valence electrons. The molecule has 15 heavy (non-hydrogen) atoms. The Bertz CT molecular complexity index is 198. The smallest absolute Gasteiger partial charge is 0.191 e. The van der Waals surface area contributed by atoms with Crippen LogP contribution in [0.25, 0.3) is 0 Å². The average molecular weight is 213 g/mol. The Hall–Kier alpha value is -0.770. The van der Waals surface area contributed by atoms with Gasteiger partial charge in [-0.25, -0.2) is 0 Å². The van der Waals surface area contributed by atoms with Crippen LogP contribution in [0.2, 0.25) is 0 Å². The van der Waals surface area contributed by atoms with Gasteiger partial charge >= 0.3 is 0 Å². The summed E-state index contributed by atoms with van der Waals surface area (Å²) >= 11 is 0. The summed E-state index contributed by atoms with van der Waals surface area (Å²) in [5, 5.41) is 0. The zero-order valence-corrected chi connectivity index (χ0v) is 9.91. The van der Waals surface area contributed by atoms with Crippen LogP contribution >= 0.6 is 0 Å². The Morgan fingerprint density at radius 3 is 2.60 bits per heavy atom. The van der Waals surface area contributed by atoms with Gasteiger partial charge in [-0.3, -0.25) is 4.99 Å². The molecule has 0 spiro atoms. The quantitative estimate of drug-likeness (QED) is 0.391. The third-order valence-corrected chi connectivity index (χ3v) is 2.65. The van der Waals surface area contributed by atoms with E-state index in [1.807, 2.05) is 4.90 Å². The minimum absolute atomic E-state index is 0.634. The van der Waals surface area contributed by atoms with Crippen LogP contribution in [-0.4, -0.2) is 43.7 Å². The molecule has 2 N–H and O–H groups in total. The lowest BCUT2D eigenvalue weighted by Gasteiger charge is -2.19. The summed E-state index contributed by atoms with van der Waals surface area (Å²) in [7, 11) is 0. The molecule has 4 heteroatoms. The molecule has 0 saturated heterocycles. The summed E-state index contributed by atoms with van der Waals surface area (Å²) in [6.45, 7) is 8.25. The number of ether oxygens (including phenoxy) is 1. The summed E-state index contributed by atoms with van der Waals surface area (Å²) < 4.78 is 5.47. The SMILES string of the molecule is CCN(CC)C(N)=NCCOCC1CC1. The summed E-state index contributed by atoms with van der Waals surface area (Å²) in [6.07, 6.45) is 2.68. The van der Waals surface area contributed by atoms with Crippen molar-refractivity contribution in [3.63, 3.8) is 0 Å². The number of nitrogens with two attached hydrogens (primary N) is 1. The summed E-state index contributed by atoms with van der Waals surface area (Å²) in [5.41, 5.74) is 5.81. The minimum Gasteiger partial charge on any atom is -0.379 e.